The molecule has 0 spiro atoms. The monoisotopic (exact) mass is 566 g/mol. The quantitative estimate of drug-likeness (QED) is 0.283. The van der Waals surface area contributed by atoms with Crippen molar-refractivity contribution in [2.75, 3.05) is 24.2 Å². The van der Waals surface area contributed by atoms with E-state index in [0.717, 1.165) is 11.6 Å². The van der Waals surface area contributed by atoms with Crippen molar-refractivity contribution >= 4 is 35.2 Å². The predicted molar refractivity (Wildman–Crippen MR) is 143 cm³/mol. The van der Waals surface area contributed by atoms with Gasteiger partial charge in [-0.25, -0.2) is 18.0 Å². The molecule has 2 aromatic rings. The lowest BCUT2D eigenvalue weighted by molar-refractivity contribution is -0.147. The van der Waals surface area contributed by atoms with Crippen LogP contribution in [-0.4, -0.2) is 58.5 Å². The fourth-order valence-electron chi connectivity index (χ4n) is 4.06. The first-order chi connectivity index (χ1) is 18.4. The summed E-state index contributed by atoms with van der Waals surface area (Å²) in [5.41, 5.74) is 6.50. The number of hydrogen-bond donors (Lipinski definition) is 3. The molecule has 1 aliphatic rings. The molecule has 4 N–H and O–H groups in total. The zero-order chi connectivity index (χ0) is 28.7. The molecule has 2 atom stereocenters. The van der Waals surface area contributed by atoms with Crippen LogP contribution in [0.15, 0.2) is 36.4 Å². The number of nitrogens with one attached hydrogen (secondary N) is 2. The van der Waals surface area contributed by atoms with Gasteiger partial charge in [0.05, 0.1) is 6.61 Å². The standard InChI is InChI=1S/C27H33F3N4O4S/c1-4-38-26(37)27(2,3)33-19-7-5-16(6-8-19)15-32-24(36)25-34(9-10-39-25)23(35)13-18(31)11-17-12-21(29)22(30)14-20(17)28/h5-8,12,14,18,25,33H,4,9-11,13,15,31H2,1-3H3,(H,32,36). The van der Waals surface area contributed by atoms with Crippen molar-refractivity contribution in [2.24, 2.45) is 5.73 Å². The number of anilines is 1. The molecular weight excluding hydrogens is 533 g/mol. The van der Waals surface area contributed by atoms with Crippen LogP contribution in [0.2, 0.25) is 0 Å². The van der Waals surface area contributed by atoms with Gasteiger partial charge in [-0.1, -0.05) is 12.1 Å². The Labute approximate surface area is 229 Å². The summed E-state index contributed by atoms with van der Waals surface area (Å²) in [5, 5.41) is 5.22. The second-order valence-corrected chi connectivity index (χ2v) is 10.9. The number of ether oxygens (including phenoxy) is 1. The number of nitrogens with zero attached hydrogens (tertiary/aromatic N) is 1. The average molecular weight is 567 g/mol. The molecule has 0 bridgehead atoms. The summed E-state index contributed by atoms with van der Waals surface area (Å²) in [6.45, 7) is 6.05. The third-order valence-corrected chi connectivity index (χ3v) is 7.31. The molecule has 0 aliphatic carbocycles. The Kier molecular flexibility index (Phi) is 10.3. The van der Waals surface area contributed by atoms with Crippen LogP contribution in [0.3, 0.4) is 0 Å². The number of rotatable bonds is 11. The zero-order valence-electron chi connectivity index (χ0n) is 22.1. The van der Waals surface area contributed by atoms with Crippen molar-refractivity contribution in [1.82, 2.24) is 10.2 Å². The van der Waals surface area contributed by atoms with E-state index in [1.165, 1.54) is 16.7 Å². The molecule has 1 fully saturated rings. The molecular formula is C27H33F3N4O4S. The van der Waals surface area contributed by atoms with Gasteiger partial charge in [0.15, 0.2) is 17.0 Å². The van der Waals surface area contributed by atoms with Gasteiger partial charge in [0, 0.05) is 43.1 Å². The topological polar surface area (TPSA) is 114 Å². The number of benzene rings is 2. The van der Waals surface area contributed by atoms with Crippen molar-refractivity contribution in [3.63, 3.8) is 0 Å². The van der Waals surface area contributed by atoms with Crippen LogP contribution in [0.1, 0.15) is 38.3 Å². The van der Waals surface area contributed by atoms with E-state index < -0.39 is 34.4 Å². The highest BCUT2D eigenvalue weighted by atomic mass is 32.2. The highest BCUT2D eigenvalue weighted by Crippen LogP contribution is 2.26. The Balaban J connectivity index is 1.52. The number of hydrogen-bond acceptors (Lipinski definition) is 7. The summed E-state index contributed by atoms with van der Waals surface area (Å²) in [7, 11) is 0. The molecule has 1 heterocycles. The summed E-state index contributed by atoms with van der Waals surface area (Å²) < 4.78 is 45.6. The number of amides is 2. The van der Waals surface area contributed by atoms with Crippen molar-refractivity contribution in [3.8, 4) is 0 Å². The van der Waals surface area contributed by atoms with Crippen LogP contribution in [0.25, 0.3) is 0 Å². The second-order valence-electron chi connectivity index (χ2n) is 9.72. The zero-order valence-corrected chi connectivity index (χ0v) is 22.9. The summed E-state index contributed by atoms with van der Waals surface area (Å²) in [4.78, 5) is 39.2. The van der Waals surface area contributed by atoms with Crippen molar-refractivity contribution < 1.29 is 32.3 Å². The minimum atomic E-state index is -1.30. The Morgan fingerprint density at radius 3 is 2.46 bits per heavy atom. The molecule has 2 amide bonds. The van der Waals surface area contributed by atoms with E-state index in [0.29, 0.717) is 24.1 Å². The largest absolute Gasteiger partial charge is 0.464 e. The SMILES string of the molecule is CCOC(=O)C(C)(C)Nc1ccc(CNC(=O)C2SCCN2C(=O)CC(N)Cc2cc(F)c(F)cc2F)cc1. The Morgan fingerprint density at radius 1 is 1.13 bits per heavy atom. The van der Waals surface area contributed by atoms with Crippen molar-refractivity contribution in [3.05, 3.63) is 65.0 Å². The fourth-order valence-corrected chi connectivity index (χ4v) is 5.23. The number of nitrogens with two attached hydrogens (primary N) is 1. The highest BCUT2D eigenvalue weighted by molar-refractivity contribution is 8.00. The lowest BCUT2D eigenvalue weighted by Gasteiger charge is -2.25. The van der Waals surface area contributed by atoms with E-state index in [4.69, 9.17) is 10.5 Å². The molecule has 39 heavy (non-hydrogen) atoms. The molecule has 1 aliphatic heterocycles. The molecule has 1 saturated heterocycles. The Morgan fingerprint density at radius 2 is 1.79 bits per heavy atom. The van der Waals surface area contributed by atoms with Crippen molar-refractivity contribution in [1.29, 1.82) is 0 Å². The van der Waals surface area contributed by atoms with Crippen LogP contribution < -0.4 is 16.4 Å². The Hall–Kier alpha value is -3.25. The fraction of sp³-hybridized carbons (Fsp3) is 0.444. The Bertz CT molecular complexity index is 1200. The van der Waals surface area contributed by atoms with Gasteiger partial charge in [0.1, 0.15) is 11.4 Å². The van der Waals surface area contributed by atoms with E-state index >= 15 is 0 Å². The molecule has 0 aromatic heterocycles. The van der Waals surface area contributed by atoms with Gasteiger partial charge in [0.2, 0.25) is 5.91 Å². The normalized spacial score (nSPS) is 16.1. The van der Waals surface area contributed by atoms with Crippen LogP contribution in [-0.2, 0) is 32.1 Å². The minimum Gasteiger partial charge on any atom is -0.464 e. The predicted octanol–water partition coefficient (Wildman–Crippen LogP) is 3.34. The van der Waals surface area contributed by atoms with Gasteiger partial charge in [-0.2, -0.15) is 0 Å². The number of thioether (sulfide) groups is 1. The first-order valence-corrected chi connectivity index (χ1v) is 13.6. The van der Waals surface area contributed by atoms with Crippen LogP contribution >= 0.6 is 11.8 Å². The molecule has 2 aromatic carbocycles. The van der Waals surface area contributed by atoms with Gasteiger partial charge in [-0.3, -0.25) is 9.59 Å². The lowest BCUT2D eigenvalue weighted by Crippen LogP contribution is -2.46. The minimum absolute atomic E-state index is 0.120. The first-order valence-electron chi connectivity index (χ1n) is 12.5. The molecule has 12 heteroatoms. The van der Waals surface area contributed by atoms with Gasteiger partial charge in [0.25, 0.3) is 5.91 Å². The van der Waals surface area contributed by atoms with E-state index in [-0.39, 0.29) is 49.3 Å². The summed E-state index contributed by atoms with van der Waals surface area (Å²) in [6, 6.07) is 7.55. The molecule has 8 nitrogen and oxygen atoms in total. The average Bonchev–Trinajstić information content (AvgIpc) is 3.37. The number of carbonyl (C=O) groups is 3. The van der Waals surface area contributed by atoms with E-state index in [1.807, 2.05) is 12.1 Å². The lowest BCUT2D eigenvalue weighted by atomic mass is 10.0. The van der Waals surface area contributed by atoms with E-state index in [1.54, 1.807) is 32.9 Å². The van der Waals surface area contributed by atoms with Gasteiger partial charge >= 0.3 is 5.97 Å². The third kappa shape index (κ3) is 8.12. The van der Waals surface area contributed by atoms with E-state index in [2.05, 4.69) is 10.6 Å². The van der Waals surface area contributed by atoms with Crippen LogP contribution in [0.5, 0.6) is 0 Å². The maximum atomic E-state index is 13.9. The van der Waals surface area contributed by atoms with Crippen molar-refractivity contribution in [2.45, 2.75) is 57.1 Å². The summed E-state index contributed by atoms with van der Waals surface area (Å²) in [6.07, 6.45) is -0.339. The number of carbonyl (C=O) groups excluding carboxylic acids is 3. The van der Waals surface area contributed by atoms with Gasteiger partial charge in [-0.05, 0) is 56.5 Å². The van der Waals surface area contributed by atoms with Gasteiger partial charge in [-0.15, -0.1) is 11.8 Å². The maximum Gasteiger partial charge on any atom is 0.331 e. The third-order valence-electron chi connectivity index (χ3n) is 6.11. The molecule has 0 saturated carbocycles. The number of halogens is 3. The molecule has 212 valence electrons. The molecule has 3 rings (SSSR count). The van der Waals surface area contributed by atoms with Crippen LogP contribution in [0.4, 0.5) is 18.9 Å². The summed E-state index contributed by atoms with van der Waals surface area (Å²) in [5.74, 6) is -3.94. The number of esters is 1. The smallest absolute Gasteiger partial charge is 0.331 e. The van der Waals surface area contributed by atoms with E-state index in [9.17, 15) is 27.6 Å². The second kappa shape index (κ2) is 13.2. The van der Waals surface area contributed by atoms with Crippen LogP contribution in [0, 0.1) is 17.5 Å². The van der Waals surface area contributed by atoms with Gasteiger partial charge < -0.3 is 26.0 Å². The summed E-state index contributed by atoms with van der Waals surface area (Å²) >= 11 is 1.32. The molecule has 0 radical (unpaired) electrons. The maximum absolute atomic E-state index is 13.9. The molecule has 2 unspecified atom stereocenters. The first kappa shape index (κ1) is 30.3. The highest BCUT2D eigenvalue weighted by Gasteiger charge is 2.35.